The van der Waals surface area contributed by atoms with Gasteiger partial charge in [-0.3, -0.25) is 9.36 Å². The van der Waals surface area contributed by atoms with Gasteiger partial charge in [-0.15, -0.1) is 0 Å². The quantitative estimate of drug-likeness (QED) is 0.375. The van der Waals surface area contributed by atoms with E-state index in [1.54, 1.807) is 4.57 Å². The summed E-state index contributed by atoms with van der Waals surface area (Å²) in [5.74, 6) is 0. The van der Waals surface area contributed by atoms with Crippen LogP contribution in [0.2, 0.25) is 18.1 Å². The average Bonchev–Trinajstić information content (AvgIpc) is 2.76. The molecule has 1 aromatic heterocycles. The fourth-order valence-corrected chi connectivity index (χ4v) is 4.66. The van der Waals surface area contributed by atoms with Gasteiger partial charge in [0.25, 0.3) is 5.56 Å². The predicted octanol–water partition coefficient (Wildman–Crippen LogP) is 6.45. The molecule has 36 heavy (non-hydrogen) atoms. The second kappa shape index (κ2) is 10.2. The first-order valence-corrected chi connectivity index (χ1v) is 15.3. The van der Waals surface area contributed by atoms with Crippen LogP contribution in [0.15, 0.2) is 53.5 Å². The van der Waals surface area contributed by atoms with Crippen molar-refractivity contribution in [1.82, 2.24) is 14.9 Å². The van der Waals surface area contributed by atoms with Crippen LogP contribution in [0.5, 0.6) is 0 Å². The van der Waals surface area contributed by atoms with Crippen molar-refractivity contribution in [1.29, 1.82) is 0 Å². The zero-order chi connectivity index (χ0) is 26.9. The number of anilines is 1. The second-order valence-electron chi connectivity index (χ2n) is 11.9. The van der Waals surface area contributed by atoms with Crippen LogP contribution >= 0.6 is 0 Å². The number of amides is 2. The number of urea groups is 1. The highest BCUT2D eigenvalue weighted by Gasteiger charge is 2.37. The van der Waals surface area contributed by atoms with Gasteiger partial charge in [0.05, 0.1) is 35.6 Å². The first-order chi connectivity index (χ1) is 16.6. The van der Waals surface area contributed by atoms with E-state index < -0.39 is 8.32 Å². The van der Waals surface area contributed by atoms with Gasteiger partial charge >= 0.3 is 6.03 Å². The van der Waals surface area contributed by atoms with Gasteiger partial charge in [-0.05, 0) is 63.5 Å². The SMILES string of the molecule is C[C@@H](c1ccccc1)n1c(=O)cnc2cc(NC(=O)NC(C)(C)C)c(CO[Si](C)(C)C(C)(C)C)cc21. The smallest absolute Gasteiger partial charge is 0.319 e. The number of hydrogen-bond donors (Lipinski definition) is 2. The highest BCUT2D eigenvalue weighted by Crippen LogP contribution is 2.38. The Morgan fingerprint density at radius 1 is 1.08 bits per heavy atom. The molecule has 2 N–H and O–H groups in total. The number of benzene rings is 2. The Labute approximate surface area is 215 Å². The van der Waals surface area contributed by atoms with Gasteiger partial charge < -0.3 is 15.1 Å². The molecule has 1 heterocycles. The lowest BCUT2D eigenvalue weighted by molar-refractivity contribution is 0.243. The maximum Gasteiger partial charge on any atom is 0.319 e. The number of carbonyl (C=O) groups is 1. The molecule has 0 spiro atoms. The van der Waals surface area contributed by atoms with Crippen molar-refractivity contribution in [2.45, 2.75) is 84.8 Å². The highest BCUT2D eigenvalue weighted by atomic mass is 28.4. The van der Waals surface area contributed by atoms with Gasteiger partial charge in [-0.1, -0.05) is 51.1 Å². The minimum atomic E-state index is -2.07. The van der Waals surface area contributed by atoms with E-state index in [9.17, 15) is 9.59 Å². The lowest BCUT2D eigenvalue weighted by atomic mass is 10.1. The van der Waals surface area contributed by atoms with E-state index in [1.807, 2.05) is 70.2 Å². The van der Waals surface area contributed by atoms with E-state index in [1.165, 1.54) is 6.20 Å². The molecule has 0 aliphatic heterocycles. The van der Waals surface area contributed by atoms with Gasteiger partial charge in [-0.25, -0.2) is 9.78 Å². The molecular formula is C28H40N4O3Si. The van der Waals surface area contributed by atoms with E-state index in [2.05, 4.69) is 49.5 Å². The molecule has 0 aliphatic carbocycles. The van der Waals surface area contributed by atoms with Crippen molar-refractivity contribution in [3.05, 3.63) is 70.1 Å². The summed E-state index contributed by atoms with van der Waals surface area (Å²) in [4.78, 5) is 30.2. The summed E-state index contributed by atoms with van der Waals surface area (Å²) >= 11 is 0. The molecule has 3 rings (SSSR count). The summed E-state index contributed by atoms with van der Waals surface area (Å²) in [5.41, 5.74) is 3.21. The van der Waals surface area contributed by atoms with Crippen LogP contribution in [-0.4, -0.2) is 29.4 Å². The molecule has 0 radical (unpaired) electrons. The number of fused-ring (bicyclic) bond motifs is 1. The lowest BCUT2D eigenvalue weighted by Crippen LogP contribution is -2.43. The fraction of sp³-hybridized carbons (Fsp3) is 0.464. The largest absolute Gasteiger partial charge is 0.412 e. The first kappa shape index (κ1) is 27.6. The topological polar surface area (TPSA) is 85.2 Å². The van der Waals surface area contributed by atoms with E-state index in [4.69, 9.17) is 4.43 Å². The standard InChI is InChI=1S/C28H40N4O3Si/c1-19(20-13-11-10-12-14-20)32-24-15-21(18-35-36(8,9)28(5,6)7)22(16-23(24)29-17-25(32)33)30-26(34)31-27(2,3)4/h10-17,19H,18H2,1-9H3,(H2,30,31,34)/t19-/m0/s1. The molecule has 2 aromatic carbocycles. The Hall–Kier alpha value is -2.97. The summed E-state index contributed by atoms with van der Waals surface area (Å²) in [6.07, 6.45) is 1.34. The molecule has 0 saturated carbocycles. The molecule has 7 nitrogen and oxygen atoms in total. The molecule has 3 aromatic rings. The molecule has 8 heteroatoms. The van der Waals surface area contributed by atoms with Gasteiger partial charge in [0, 0.05) is 11.1 Å². The van der Waals surface area contributed by atoms with Gasteiger partial charge in [0.15, 0.2) is 8.32 Å². The molecule has 0 saturated heterocycles. The number of hydrogen-bond acceptors (Lipinski definition) is 4. The second-order valence-corrected chi connectivity index (χ2v) is 16.7. The minimum Gasteiger partial charge on any atom is -0.412 e. The zero-order valence-electron chi connectivity index (χ0n) is 23.0. The third kappa shape index (κ3) is 6.42. The number of aromatic nitrogens is 2. The van der Waals surface area contributed by atoms with Crippen LogP contribution in [0.1, 0.15) is 65.6 Å². The summed E-state index contributed by atoms with van der Waals surface area (Å²) in [7, 11) is -2.07. The zero-order valence-corrected chi connectivity index (χ0v) is 24.0. The van der Waals surface area contributed by atoms with Crippen LogP contribution < -0.4 is 16.2 Å². The molecule has 0 fully saturated rings. The fourth-order valence-electron chi connectivity index (χ4n) is 3.71. The summed E-state index contributed by atoms with van der Waals surface area (Å²) in [5, 5.41) is 5.96. The molecular weight excluding hydrogens is 468 g/mol. The van der Waals surface area contributed by atoms with Crippen molar-refractivity contribution >= 4 is 31.1 Å². The first-order valence-electron chi connectivity index (χ1n) is 12.4. The van der Waals surface area contributed by atoms with E-state index in [0.717, 1.165) is 11.1 Å². The summed E-state index contributed by atoms with van der Waals surface area (Å²) in [6.45, 7) is 19.1. The Bertz CT molecular complexity index is 1290. The maximum atomic E-state index is 13.0. The lowest BCUT2D eigenvalue weighted by Gasteiger charge is -2.36. The highest BCUT2D eigenvalue weighted by molar-refractivity contribution is 6.74. The van der Waals surface area contributed by atoms with E-state index >= 15 is 0 Å². The molecule has 2 amide bonds. The van der Waals surface area contributed by atoms with E-state index in [-0.39, 0.29) is 28.2 Å². The monoisotopic (exact) mass is 508 g/mol. The van der Waals surface area contributed by atoms with Crippen molar-refractivity contribution in [2.75, 3.05) is 5.32 Å². The van der Waals surface area contributed by atoms with Crippen molar-refractivity contribution in [2.24, 2.45) is 0 Å². The summed E-state index contributed by atoms with van der Waals surface area (Å²) < 4.78 is 8.28. The van der Waals surface area contributed by atoms with Crippen LogP contribution in [0.4, 0.5) is 10.5 Å². The van der Waals surface area contributed by atoms with Crippen LogP contribution in [-0.2, 0) is 11.0 Å². The predicted molar refractivity (Wildman–Crippen MR) is 150 cm³/mol. The molecule has 0 aliphatic rings. The number of carbonyl (C=O) groups excluding carboxylic acids is 1. The van der Waals surface area contributed by atoms with Crippen LogP contribution in [0.3, 0.4) is 0 Å². The van der Waals surface area contributed by atoms with Crippen LogP contribution in [0.25, 0.3) is 11.0 Å². The van der Waals surface area contributed by atoms with Crippen LogP contribution in [0, 0.1) is 0 Å². The normalized spacial score (nSPS) is 13.5. The van der Waals surface area contributed by atoms with Gasteiger partial charge in [-0.2, -0.15) is 0 Å². The Balaban J connectivity index is 2.13. The molecule has 194 valence electrons. The molecule has 0 bridgehead atoms. The van der Waals surface area contributed by atoms with Crippen molar-refractivity contribution < 1.29 is 9.22 Å². The average molecular weight is 509 g/mol. The summed E-state index contributed by atoms with van der Waals surface area (Å²) in [6, 6.07) is 13.2. The number of nitrogens with zero attached hydrogens (tertiary/aromatic N) is 2. The molecule has 1 atom stereocenters. The van der Waals surface area contributed by atoms with Gasteiger partial charge in [0.2, 0.25) is 0 Å². The van der Waals surface area contributed by atoms with E-state index in [0.29, 0.717) is 23.3 Å². The molecule has 0 unspecified atom stereocenters. The Morgan fingerprint density at radius 2 is 1.72 bits per heavy atom. The Morgan fingerprint density at radius 3 is 2.31 bits per heavy atom. The van der Waals surface area contributed by atoms with Crippen molar-refractivity contribution in [3.8, 4) is 0 Å². The number of rotatable bonds is 6. The number of nitrogens with one attached hydrogen (secondary N) is 2. The van der Waals surface area contributed by atoms with Gasteiger partial charge in [0.1, 0.15) is 0 Å². The van der Waals surface area contributed by atoms with Crippen molar-refractivity contribution in [3.63, 3.8) is 0 Å². The maximum absolute atomic E-state index is 13.0. The third-order valence-corrected chi connectivity index (χ3v) is 11.3. The minimum absolute atomic E-state index is 0.0343. The third-order valence-electron chi connectivity index (χ3n) is 6.81. The Kier molecular flexibility index (Phi) is 7.81.